The Bertz CT molecular complexity index is 809. The van der Waals surface area contributed by atoms with Crippen molar-refractivity contribution in [3.05, 3.63) is 42.0 Å². The van der Waals surface area contributed by atoms with Crippen LogP contribution in [0.5, 0.6) is 5.75 Å². The first-order valence-electron chi connectivity index (χ1n) is 7.02. The molecule has 1 aromatic heterocycles. The van der Waals surface area contributed by atoms with Gasteiger partial charge >= 0.3 is 0 Å². The van der Waals surface area contributed by atoms with Crippen molar-refractivity contribution in [2.45, 2.75) is 6.54 Å². The fraction of sp³-hybridized carbons (Fsp3) is 0.188. The Balaban J connectivity index is 1.78. The van der Waals surface area contributed by atoms with E-state index in [1.54, 1.807) is 0 Å². The molecule has 0 spiro atoms. The van der Waals surface area contributed by atoms with Crippen LogP contribution < -0.4 is 15.8 Å². The average molecular weight is 280 g/mol. The number of rotatable bonds is 1. The van der Waals surface area contributed by atoms with E-state index in [0.29, 0.717) is 12.6 Å². The van der Waals surface area contributed by atoms with E-state index in [9.17, 15) is 0 Å². The van der Waals surface area contributed by atoms with Crippen LogP contribution in [-0.2, 0) is 6.54 Å². The number of nitrogens with two attached hydrogens (primary N) is 1. The van der Waals surface area contributed by atoms with Gasteiger partial charge in [0, 0.05) is 18.7 Å². The second-order valence-electron chi connectivity index (χ2n) is 5.20. The first-order chi connectivity index (χ1) is 10.3. The van der Waals surface area contributed by atoms with Crippen LogP contribution >= 0.6 is 0 Å². The third kappa shape index (κ3) is 2.21. The van der Waals surface area contributed by atoms with Gasteiger partial charge in [0.1, 0.15) is 12.4 Å². The van der Waals surface area contributed by atoms with E-state index in [2.05, 4.69) is 39.6 Å². The Hall–Kier alpha value is -2.53. The zero-order valence-electron chi connectivity index (χ0n) is 11.5. The second kappa shape index (κ2) is 4.79. The summed E-state index contributed by atoms with van der Waals surface area (Å²) in [7, 11) is 0. The number of aromatic amines is 1. The van der Waals surface area contributed by atoms with E-state index < -0.39 is 0 Å². The topological polar surface area (TPSA) is 76.0 Å². The first-order valence-corrected chi connectivity index (χ1v) is 7.02. The molecule has 0 atom stereocenters. The molecule has 4 N–H and O–H groups in total. The van der Waals surface area contributed by atoms with Crippen molar-refractivity contribution in [1.29, 1.82) is 0 Å². The number of imidazole rings is 1. The van der Waals surface area contributed by atoms with Gasteiger partial charge in [-0.25, -0.2) is 4.98 Å². The second-order valence-corrected chi connectivity index (χ2v) is 5.20. The third-order valence-corrected chi connectivity index (χ3v) is 3.75. The van der Waals surface area contributed by atoms with Crippen LogP contribution in [0, 0.1) is 0 Å². The lowest BCUT2D eigenvalue weighted by molar-refractivity contribution is 0.326. The fourth-order valence-corrected chi connectivity index (χ4v) is 2.70. The van der Waals surface area contributed by atoms with Crippen molar-refractivity contribution in [2.24, 2.45) is 0 Å². The molecule has 0 saturated carbocycles. The Morgan fingerprint density at radius 2 is 1.95 bits per heavy atom. The standard InChI is InChI=1S/C16H16N4O/c17-16-19-13-3-1-11(8-14(13)20-16)10-2-4-15-12(7-10)9-18-5-6-21-15/h1-4,7-8,18H,5-6,9H2,(H3,17,19,20). The van der Waals surface area contributed by atoms with Crippen LogP contribution in [0.3, 0.4) is 0 Å². The Morgan fingerprint density at radius 3 is 2.90 bits per heavy atom. The smallest absolute Gasteiger partial charge is 0.198 e. The van der Waals surface area contributed by atoms with E-state index in [4.69, 9.17) is 10.5 Å². The maximum Gasteiger partial charge on any atom is 0.198 e. The first kappa shape index (κ1) is 12.2. The molecule has 5 heteroatoms. The van der Waals surface area contributed by atoms with Crippen molar-refractivity contribution >= 4 is 17.0 Å². The molecule has 3 aromatic rings. The van der Waals surface area contributed by atoms with Crippen molar-refractivity contribution in [3.63, 3.8) is 0 Å². The summed E-state index contributed by atoms with van der Waals surface area (Å²) in [4.78, 5) is 7.29. The molecule has 2 aromatic carbocycles. The maximum absolute atomic E-state index is 5.72. The molecule has 1 aliphatic heterocycles. The number of nitrogens with one attached hydrogen (secondary N) is 2. The normalized spacial score (nSPS) is 14.5. The molecular formula is C16H16N4O. The van der Waals surface area contributed by atoms with Crippen LogP contribution in [0.4, 0.5) is 5.95 Å². The van der Waals surface area contributed by atoms with Crippen molar-refractivity contribution < 1.29 is 4.74 Å². The van der Waals surface area contributed by atoms with Gasteiger partial charge in [-0.05, 0) is 35.4 Å². The van der Waals surface area contributed by atoms with Crippen LogP contribution in [0.1, 0.15) is 5.56 Å². The minimum Gasteiger partial charge on any atom is -0.492 e. The number of benzene rings is 2. The number of hydrogen-bond acceptors (Lipinski definition) is 4. The molecule has 0 bridgehead atoms. The van der Waals surface area contributed by atoms with Gasteiger partial charge in [0.15, 0.2) is 5.95 Å². The molecule has 0 radical (unpaired) electrons. The van der Waals surface area contributed by atoms with Crippen molar-refractivity contribution in [2.75, 3.05) is 18.9 Å². The predicted molar refractivity (Wildman–Crippen MR) is 83.1 cm³/mol. The lowest BCUT2D eigenvalue weighted by Gasteiger charge is -2.09. The highest BCUT2D eigenvalue weighted by molar-refractivity contribution is 5.83. The van der Waals surface area contributed by atoms with E-state index >= 15 is 0 Å². The summed E-state index contributed by atoms with van der Waals surface area (Å²) in [6.45, 7) is 2.43. The lowest BCUT2D eigenvalue weighted by Crippen LogP contribution is -2.16. The van der Waals surface area contributed by atoms with Gasteiger partial charge < -0.3 is 20.8 Å². The van der Waals surface area contributed by atoms with Crippen molar-refractivity contribution in [1.82, 2.24) is 15.3 Å². The van der Waals surface area contributed by atoms with E-state index in [1.165, 1.54) is 5.56 Å². The van der Waals surface area contributed by atoms with Gasteiger partial charge in [-0.3, -0.25) is 0 Å². The minimum absolute atomic E-state index is 0.446. The SMILES string of the molecule is Nc1nc2ccc(-c3ccc4c(c3)CNCCO4)cc2[nH]1. The van der Waals surface area contributed by atoms with Crippen LogP contribution in [0.25, 0.3) is 22.2 Å². The number of H-pyrrole nitrogens is 1. The number of aromatic nitrogens is 2. The Morgan fingerprint density at radius 1 is 1.10 bits per heavy atom. The maximum atomic E-state index is 5.72. The molecule has 4 rings (SSSR count). The molecular weight excluding hydrogens is 264 g/mol. The van der Waals surface area contributed by atoms with Crippen LogP contribution in [-0.4, -0.2) is 23.1 Å². The number of fused-ring (bicyclic) bond motifs is 2. The number of ether oxygens (including phenoxy) is 1. The lowest BCUT2D eigenvalue weighted by atomic mass is 10.0. The zero-order valence-corrected chi connectivity index (χ0v) is 11.5. The highest BCUT2D eigenvalue weighted by atomic mass is 16.5. The molecule has 0 saturated heterocycles. The molecule has 0 aliphatic carbocycles. The summed E-state index contributed by atoms with van der Waals surface area (Å²) in [5.41, 5.74) is 11.0. The summed E-state index contributed by atoms with van der Waals surface area (Å²) >= 11 is 0. The number of hydrogen-bond donors (Lipinski definition) is 3. The van der Waals surface area contributed by atoms with Gasteiger partial charge in [-0.1, -0.05) is 12.1 Å². The quantitative estimate of drug-likeness (QED) is 0.639. The van der Waals surface area contributed by atoms with E-state index in [-0.39, 0.29) is 0 Å². The molecule has 1 aliphatic rings. The summed E-state index contributed by atoms with van der Waals surface area (Å²) in [6, 6.07) is 12.4. The number of nitrogens with zero attached hydrogens (tertiary/aromatic N) is 1. The minimum atomic E-state index is 0.446. The van der Waals surface area contributed by atoms with Crippen LogP contribution in [0.2, 0.25) is 0 Å². The fourth-order valence-electron chi connectivity index (χ4n) is 2.70. The van der Waals surface area contributed by atoms with Gasteiger partial charge in [0.25, 0.3) is 0 Å². The molecule has 21 heavy (non-hydrogen) atoms. The largest absolute Gasteiger partial charge is 0.492 e. The van der Waals surface area contributed by atoms with E-state index in [1.807, 2.05) is 12.1 Å². The summed E-state index contributed by atoms with van der Waals surface area (Å²) < 4.78 is 5.72. The Kier molecular flexibility index (Phi) is 2.79. The van der Waals surface area contributed by atoms with Gasteiger partial charge in [-0.2, -0.15) is 0 Å². The molecule has 5 nitrogen and oxygen atoms in total. The third-order valence-electron chi connectivity index (χ3n) is 3.75. The number of anilines is 1. The molecule has 0 amide bonds. The van der Waals surface area contributed by atoms with Gasteiger partial charge in [0.05, 0.1) is 11.0 Å². The summed E-state index contributed by atoms with van der Waals surface area (Å²) in [6.07, 6.45) is 0. The van der Waals surface area contributed by atoms with Gasteiger partial charge in [-0.15, -0.1) is 0 Å². The number of nitrogen functional groups attached to an aromatic ring is 1. The van der Waals surface area contributed by atoms with Crippen molar-refractivity contribution in [3.8, 4) is 16.9 Å². The highest BCUT2D eigenvalue weighted by Crippen LogP contribution is 2.29. The summed E-state index contributed by atoms with van der Waals surface area (Å²) in [5, 5.41) is 3.36. The Labute approximate surface area is 122 Å². The predicted octanol–water partition coefficient (Wildman–Crippen LogP) is 2.29. The van der Waals surface area contributed by atoms with Gasteiger partial charge in [0.2, 0.25) is 0 Å². The molecule has 0 fully saturated rings. The average Bonchev–Trinajstić information content (AvgIpc) is 2.71. The molecule has 2 heterocycles. The monoisotopic (exact) mass is 280 g/mol. The van der Waals surface area contributed by atoms with E-state index in [0.717, 1.165) is 41.0 Å². The highest BCUT2D eigenvalue weighted by Gasteiger charge is 2.10. The zero-order chi connectivity index (χ0) is 14.2. The molecule has 0 unspecified atom stereocenters. The van der Waals surface area contributed by atoms with Crippen LogP contribution in [0.15, 0.2) is 36.4 Å². The summed E-state index contributed by atoms with van der Waals surface area (Å²) in [5.74, 6) is 1.41. The molecule has 106 valence electrons.